The molecule has 0 N–H and O–H groups in total. The van der Waals surface area contributed by atoms with Crippen molar-refractivity contribution >= 4 is 23.5 Å². The summed E-state index contributed by atoms with van der Waals surface area (Å²) in [5.41, 5.74) is 0.790. The van der Waals surface area contributed by atoms with Crippen molar-refractivity contribution in [2.75, 3.05) is 14.2 Å². The molecule has 0 bridgehead atoms. The molecule has 0 heterocycles. The van der Waals surface area contributed by atoms with Gasteiger partial charge in [-0.25, -0.2) is 0 Å². The van der Waals surface area contributed by atoms with Gasteiger partial charge in [0.15, 0.2) is 17.3 Å². The second-order valence-electron chi connectivity index (χ2n) is 3.18. The largest absolute Gasteiger partial charge is 0.493 e. The maximum Gasteiger partial charge on any atom is 0.179 e. The molecule has 0 aliphatic rings. The highest BCUT2D eigenvalue weighted by molar-refractivity contribution is 6.32. The van der Waals surface area contributed by atoms with Crippen LogP contribution in [0.5, 0.6) is 11.5 Å². The van der Waals surface area contributed by atoms with Crippen LogP contribution in [0, 0.1) is 0 Å². The third kappa shape index (κ3) is 3.00. The topological polar surface area (TPSA) is 35.5 Å². The summed E-state index contributed by atoms with van der Waals surface area (Å²) in [6.45, 7) is 1.48. The van der Waals surface area contributed by atoms with Crippen molar-refractivity contribution in [2.45, 2.75) is 6.92 Å². The predicted molar refractivity (Wildman–Crippen MR) is 64.3 cm³/mol. The molecule has 0 fully saturated rings. The molecule has 0 aromatic heterocycles. The van der Waals surface area contributed by atoms with Crippen LogP contribution in [0.3, 0.4) is 0 Å². The summed E-state index contributed by atoms with van der Waals surface area (Å²) in [6.07, 6.45) is 3.15. The number of ketones is 1. The smallest absolute Gasteiger partial charge is 0.179 e. The van der Waals surface area contributed by atoms with Crippen LogP contribution >= 0.6 is 11.6 Å². The molecule has 0 atom stereocenters. The van der Waals surface area contributed by atoms with Crippen LogP contribution < -0.4 is 9.47 Å². The van der Waals surface area contributed by atoms with Crippen molar-refractivity contribution in [2.24, 2.45) is 0 Å². The Morgan fingerprint density at radius 1 is 1.31 bits per heavy atom. The van der Waals surface area contributed by atoms with E-state index in [2.05, 4.69) is 0 Å². The summed E-state index contributed by atoms with van der Waals surface area (Å²) in [7, 11) is 3.06. The van der Waals surface area contributed by atoms with E-state index in [0.29, 0.717) is 16.5 Å². The van der Waals surface area contributed by atoms with Gasteiger partial charge < -0.3 is 9.47 Å². The fraction of sp³-hybridized carbons (Fsp3) is 0.250. The second kappa shape index (κ2) is 5.56. The van der Waals surface area contributed by atoms with Gasteiger partial charge in [-0.1, -0.05) is 17.7 Å². The highest BCUT2D eigenvalue weighted by Crippen LogP contribution is 2.36. The highest BCUT2D eigenvalue weighted by atomic mass is 35.5. The van der Waals surface area contributed by atoms with Gasteiger partial charge in [-0.3, -0.25) is 4.79 Å². The van der Waals surface area contributed by atoms with E-state index < -0.39 is 0 Å². The molecule has 0 unspecified atom stereocenters. The van der Waals surface area contributed by atoms with Gasteiger partial charge in [-0.15, -0.1) is 0 Å². The molecule has 0 aliphatic heterocycles. The Morgan fingerprint density at radius 3 is 2.50 bits per heavy atom. The molecule has 4 heteroatoms. The minimum atomic E-state index is -0.0223. The first kappa shape index (κ1) is 12.6. The Kier molecular flexibility index (Phi) is 4.38. The number of halogens is 1. The van der Waals surface area contributed by atoms with Gasteiger partial charge in [0.1, 0.15) is 0 Å². The Balaban J connectivity index is 3.15. The lowest BCUT2D eigenvalue weighted by Crippen LogP contribution is -1.92. The van der Waals surface area contributed by atoms with E-state index >= 15 is 0 Å². The highest BCUT2D eigenvalue weighted by Gasteiger charge is 2.09. The number of ether oxygens (including phenoxy) is 2. The molecule has 0 aliphatic carbocycles. The summed E-state index contributed by atoms with van der Waals surface area (Å²) < 4.78 is 10.2. The van der Waals surface area contributed by atoms with Crippen molar-refractivity contribution in [3.63, 3.8) is 0 Å². The number of carbonyl (C=O) groups excluding carboxylic acids is 1. The molecule has 86 valence electrons. The van der Waals surface area contributed by atoms with Gasteiger partial charge in [0.05, 0.1) is 19.2 Å². The molecule has 0 spiro atoms. The first-order chi connectivity index (χ1) is 7.58. The molecule has 0 amide bonds. The van der Waals surface area contributed by atoms with Crippen LogP contribution in [0.1, 0.15) is 12.5 Å². The lowest BCUT2D eigenvalue weighted by Gasteiger charge is -2.09. The SMILES string of the molecule is COc1cc(/C=C/C(C)=O)cc(Cl)c1OC. The molecule has 1 rings (SSSR count). The number of carbonyl (C=O) groups is 1. The van der Waals surface area contributed by atoms with Crippen LogP contribution in [0.25, 0.3) is 6.08 Å². The van der Waals surface area contributed by atoms with Crippen LogP contribution in [0.2, 0.25) is 5.02 Å². The maximum absolute atomic E-state index is 10.8. The summed E-state index contributed by atoms with van der Waals surface area (Å²) in [6, 6.07) is 3.46. The Hall–Kier alpha value is -1.48. The first-order valence-corrected chi connectivity index (χ1v) is 5.06. The molecule has 0 saturated heterocycles. The van der Waals surface area contributed by atoms with E-state index in [1.807, 2.05) is 0 Å². The molecule has 0 radical (unpaired) electrons. The zero-order valence-corrected chi connectivity index (χ0v) is 10.2. The van der Waals surface area contributed by atoms with Crippen LogP contribution in [-0.2, 0) is 4.79 Å². The number of hydrogen-bond acceptors (Lipinski definition) is 3. The van der Waals surface area contributed by atoms with Crippen LogP contribution in [-0.4, -0.2) is 20.0 Å². The fourth-order valence-corrected chi connectivity index (χ4v) is 1.54. The van der Waals surface area contributed by atoms with Crippen molar-refractivity contribution in [3.05, 3.63) is 28.8 Å². The normalized spacial score (nSPS) is 10.5. The van der Waals surface area contributed by atoms with Gasteiger partial charge in [0, 0.05) is 0 Å². The van der Waals surface area contributed by atoms with E-state index in [0.717, 1.165) is 5.56 Å². The summed E-state index contributed by atoms with van der Waals surface area (Å²) in [5.74, 6) is 1.01. The lowest BCUT2D eigenvalue weighted by molar-refractivity contribution is -0.112. The zero-order valence-electron chi connectivity index (χ0n) is 9.41. The van der Waals surface area contributed by atoms with Gasteiger partial charge in [0.2, 0.25) is 0 Å². The zero-order chi connectivity index (χ0) is 12.1. The van der Waals surface area contributed by atoms with Gasteiger partial charge in [-0.05, 0) is 30.7 Å². The molecule has 16 heavy (non-hydrogen) atoms. The molecular weight excluding hydrogens is 228 g/mol. The van der Waals surface area contributed by atoms with Crippen molar-refractivity contribution in [1.29, 1.82) is 0 Å². The second-order valence-corrected chi connectivity index (χ2v) is 3.59. The number of hydrogen-bond donors (Lipinski definition) is 0. The first-order valence-electron chi connectivity index (χ1n) is 4.68. The minimum Gasteiger partial charge on any atom is -0.493 e. The van der Waals surface area contributed by atoms with E-state index in [4.69, 9.17) is 21.1 Å². The molecule has 0 saturated carbocycles. The lowest BCUT2D eigenvalue weighted by atomic mass is 10.1. The third-order valence-electron chi connectivity index (χ3n) is 1.97. The van der Waals surface area contributed by atoms with E-state index in [1.165, 1.54) is 27.2 Å². The Morgan fingerprint density at radius 2 is 2.00 bits per heavy atom. The van der Waals surface area contributed by atoms with Crippen molar-refractivity contribution in [1.82, 2.24) is 0 Å². The van der Waals surface area contributed by atoms with E-state index in [9.17, 15) is 4.79 Å². The summed E-state index contributed by atoms with van der Waals surface area (Å²) >= 11 is 6.00. The van der Waals surface area contributed by atoms with E-state index in [-0.39, 0.29) is 5.78 Å². The van der Waals surface area contributed by atoms with Crippen LogP contribution in [0.4, 0.5) is 0 Å². The van der Waals surface area contributed by atoms with Gasteiger partial charge in [0.25, 0.3) is 0 Å². The molecule has 1 aromatic rings. The Bertz CT molecular complexity index is 425. The van der Waals surface area contributed by atoms with Crippen LogP contribution in [0.15, 0.2) is 18.2 Å². The standard InChI is InChI=1S/C12H13ClO3/c1-8(14)4-5-9-6-10(13)12(16-3)11(7-9)15-2/h4-7H,1-3H3/b5-4+. The van der Waals surface area contributed by atoms with Crippen molar-refractivity contribution in [3.8, 4) is 11.5 Å². The van der Waals surface area contributed by atoms with E-state index in [1.54, 1.807) is 18.2 Å². The Labute approximate surface area is 99.6 Å². The average Bonchev–Trinajstić information content (AvgIpc) is 2.25. The number of allylic oxidation sites excluding steroid dienone is 1. The van der Waals surface area contributed by atoms with Crippen molar-refractivity contribution < 1.29 is 14.3 Å². The molecular formula is C12H13ClO3. The minimum absolute atomic E-state index is 0.0223. The third-order valence-corrected chi connectivity index (χ3v) is 2.25. The average molecular weight is 241 g/mol. The maximum atomic E-state index is 10.8. The monoisotopic (exact) mass is 240 g/mol. The quantitative estimate of drug-likeness (QED) is 0.759. The summed E-state index contributed by atoms with van der Waals surface area (Å²) in [4.78, 5) is 10.8. The number of benzene rings is 1. The van der Waals surface area contributed by atoms with Gasteiger partial charge in [-0.2, -0.15) is 0 Å². The molecule has 1 aromatic carbocycles. The number of methoxy groups -OCH3 is 2. The fourth-order valence-electron chi connectivity index (χ4n) is 1.25. The molecule has 3 nitrogen and oxygen atoms in total. The van der Waals surface area contributed by atoms with Gasteiger partial charge >= 0.3 is 0 Å². The predicted octanol–water partition coefficient (Wildman–Crippen LogP) is 2.96. The summed E-state index contributed by atoms with van der Waals surface area (Å²) in [5, 5.41) is 0.449. The number of rotatable bonds is 4.